The lowest BCUT2D eigenvalue weighted by Crippen LogP contribution is -2.12. The largest absolute Gasteiger partial charge is 0.490 e. The smallest absolute Gasteiger partial charge is 0.236 e. The molecule has 1 N–H and O–H groups in total. The molecule has 2 aromatic carbocycles. The van der Waals surface area contributed by atoms with Crippen LogP contribution in [0.5, 0.6) is 11.5 Å². The van der Waals surface area contributed by atoms with Crippen LogP contribution >= 0.6 is 31.9 Å². The molecule has 0 heterocycles. The van der Waals surface area contributed by atoms with Gasteiger partial charge >= 0.3 is 0 Å². The molecule has 0 aliphatic heterocycles. The van der Waals surface area contributed by atoms with Gasteiger partial charge in [0.1, 0.15) is 6.61 Å². The molecule has 25 heavy (non-hydrogen) atoms. The minimum Gasteiger partial charge on any atom is -0.490 e. The van der Waals surface area contributed by atoms with Crippen LogP contribution in [0.25, 0.3) is 0 Å². The van der Waals surface area contributed by atoms with E-state index in [1.165, 1.54) is 6.92 Å². The zero-order valence-electron chi connectivity index (χ0n) is 13.9. The van der Waals surface area contributed by atoms with Crippen molar-refractivity contribution in [1.29, 1.82) is 0 Å². The van der Waals surface area contributed by atoms with Crippen LogP contribution in [-0.4, -0.2) is 18.7 Å². The number of ether oxygens (including phenoxy) is 2. The summed E-state index contributed by atoms with van der Waals surface area (Å²) in [6.07, 6.45) is 1.55. The molecule has 0 aliphatic carbocycles. The summed E-state index contributed by atoms with van der Waals surface area (Å²) >= 11 is 6.93. The van der Waals surface area contributed by atoms with Crippen LogP contribution in [0.15, 0.2) is 50.4 Å². The molecule has 0 aromatic heterocycles. The number of carbonyl (C=O) groups is 1. The first-order valence-electron chi connectivity index (χ1n) is 7.62. The highest BCUT2D eigenvalue weighted by Crippen LogP contribution is 2.37. The van der Waals surface area contributed by atoms with E-state index in [9.17, 15) is 4.79 Å². The maximum absolute atomic E-state index is 10.9. The molecule has 5 nitrogen and oxygen atoms in total. The van der Waals surface area contributed by atoms with E-state index >= 15 is 0 Å². The molecule has 0 atom stereocenters. The van der Waals surface area contributed by atoms with E-state index in [0.29, 0.717) is 24.7 Å². The fraction of sp³-hybridized carbons (Fsp3) is 0.222. The van der Waals surface area contributed by atoms with E-state index in [0.717, 1.165) is 20.1 Å². The normalized spacial score (nSPS) is 10.7. The number of halogens is 2. The molecular weight excluding hydrogens is 452 g/mol. The fourth-order valence-corrected chi connectivity index (χ4v) is 2.84. The minimum atomic E-state index is -0.227. The van der Waals surface area contributed by atoms with Gasteiger partial charge in [0.05, 0.1) is 17.3 Å². The van der Waals surface area contributed by atoms with Gasteiger partial charge in [-0.1, -0.05) is 28.1 Å². The number of hydrogen-bond donors (Lipinski definition) is 1. The summed E-state index contributed by atoms with van der Waals surface area (Å²) in [6, 6.07) is 11.6. The Morgan fingerprint density at radius 1 is 1.20 bits per heavy atom. The second kappa shape index (κ2) is 9.58. The van der Waals surface area contributed by atoms with Crippen molar-refractivity contribution in [3.63, 3.8) is 0 Å². The monoisotopic (exact) mass is 468 g/mol. The van der Waals surface area contributed by atoms with Crippen LogP contribution in [0.2, 0.25) is 0 Å². The molecule has 0 fully saturated rings. The van der Waals surface area contributed by atoms with Crippen LogP contribution < -0.4 is 14.9 Å². The van der Waals surface area contributed by atoms with Crippen molar-refractivity contribution in [3.05, 3.63) is 56.5 Å². The second-order valence-electron chi connectivity index (χ2n) is 5.10. The van der Waals surface area contributed by atoms with Gasteiger partial charge in [-0.15, -0.1) is 0 Å². The molecule has 0 spiro atoms. The standard InChI is InChI=1S/C18H18Br2N2O3/c1-3-24-17-9-14(10-21-22-12(2)23)8-16(20)18(17)25-11-13-4-6-15(19)7-5-13/h4-10H,3,11H2,1-2H3,(H,22,23)/b21-10-. The maximum Gasteiger partial charge on any atom is 0.236 e. The van der Waals surface area contributed by atoms with E-state index < -0.39 is 0 Å². The SMILES string of the molecule is CCOc1cc(/C=N\NC(C)=O)cc(Br)c1OCc1ccc(Br)cc1. The molecule has 132 valence electrons. The summed E-state index contributed by atoms with van der Waals surface area (Å²) in [5, 5.41) is 3.87. The van der Waals surface area contributed by atoms with Crippen molar-refractivity contribution in [3.8, 4) is 11.5 Å². The third-order valence-corrected chi connectivity index (χ3v) is 4.18. The van der Waals surface area contributed by atoms with Gasteiger partial charge in [0.2, 0.25) is 5.91 Å². The summed E-state index contributed by atoms with van der Waals surface area (Å²) in [4.78, 5) is 10.9. The average Bonchev–Trinajstić information content (AvgIpc) is 2.55. The molecule has 0 saturated carbocycles. The summed E-state index contributed by atoms with van der Waals surface area (Å²) in [5.41, 5.74) is 4.20. The summed E-state index contributed by atoms with van der Waals surface area (Å²) in [5.74, 6) is 1.01. The Kier molecular flexibility index (Phi) is 7.46. The van der Waals surface area contributed by atoms with Crippen molar-refractivity contribution in [2.24, 2.45) is 5.10 Å². The highest BCUT2D eigenvalue weighted by atomic mass is 79.9. The summed E-state index contributed by atoms with van der Waals surface area (Å²) in [7, 11) is 0. The number of hydrogen-bond acceptors (Lipinski definition) is 4. The molecular formula is C18H18Br2N2O3. The highest BCUT2D eigenvalue weighted by Gasteiger charge is 2.12. The van der Waals surface area contributed by atoms with E-state index in [-0.39, 0.29) is 5.91 Å². The number of hydrazone groups is 1. The van der Waals surface area contributed by atoms with E-state index in [2.05, 4.69) is 42.4 Å². The van der Waals surface area contributed by atoms with Gasteiger partial charge in [0.15, 0.2) is 11.5 Å². The van der Waals surface area contributed by atoms with Crippen LogP contribution in [0.1, 0.15) is 25.0 Å². The summed E-state index contributed by atoms with van der Waals surface area (Å²) < 4.78 is 13.4. The van der Waals surface area contributed by atoms with Gasteiger partial charge in [-0.2, -0.15) is 5.10 Å². The zero-order chi connectivity index (χ0) is 18.2. The van der Waals surface area contributed by atoms with Gasteiger partial charge in [0.25, 0.3) is 0 Å². The number of benzene rings is 2. The highest BCUT2D eigenvalue weighted by molar-refractivity contribution is 9.10. The Balaban J connectivity index is 2.19. The number of nitrogens with one attached hydrogen (secondary N) is 1. The molecule has 0 unspecified atom stereocenters. The van der Waals surface area contributed by atoms with E-state index in [1.807, 2.05) is 43.3 Å². The van der Waals surface area contributed by atoms with Crippen molar-refractivity contribution < 1.29 is 14.3 Å². The molecule has 0 bridgehead atoms. The van der Waals surface area contributed by atoms with Crippen molar-refractivity contribution in [2.75, 3.05) is 6.61 Å². The van der Waals surface area contributed by atoms with Crippen molar-refractivity contribution in [2.45, 2.75) is 20.5 Å². The van der Waals surface area contributed by atoms with Crippen LogP contribution in [-0.2, 0) is 11.4 Å². The average molecular weight is 470 g/mol. The first kappa shape index (κ1) is 19.5. The van der Waals surface area contributed by atoms with Gasteiger partial charge in [-0.3, -0.25) is 4.79 Å². The van der Waals surface area contributed by atoms with E-state index in [1.54, 1.807) is 6.21 Å². The number of amides is 1. The molecule has 7 heteroatoms. The molecule has 0 saturated heterocycles. The zero-order valence-corrected chi connectivity index (χ0v) is 17.1. The molecule has 1 amide bonds. The van der Waals surface area contributed by atoms with Gasteiger partial charge in [0, 0.05) is 11.4 Å². The quantitative estimate of drug-likeness (QED) is 0.473. The summed E-state index contributed by atoms with van der Waals surface area (Å²) in [6.45, 7) is 4.24. The fourth-order valence-electron chi connectivity index (χ4n) is 2.00. The Bertz CT molecular complexity index is 762. The lowest BCUT2D eigenvalue weighted by molar-refractivity contribution is -0.118. The van der Waals surface area contributed by atoms with Crippen LogP contribution in [0.3, 0.4) is 0 Å². The lowest BCUT2D eigenvalue weighted by Gasteiger charge is -2.14. The maximum atomic E-state index is 10.9. The molecule has 0 radical (unpaired) electrons. The Labute approximate surface area is 163 Å². The topological polar surface area (TPSA) is 59.9 Å². The van der Waals surface area contributed by atoms with Crippen molar-refractivity contribution in [1.82, 2.24) is 5.43 Å². The third-order valence-electron chi connectivity index (χ3n) is 3.06. The third kappa shape index (κ3) is 6.17. The number of carbonyl (C=O) groups excluding carboxylic acids is 1. The molecule has 2 rings (SSSR count). The molecule has 2 aromatic rings. The number of rotatable bonds is 7. The second-order valence-corrected chi connectivity index (χ2v) is 6.87. The van der Waals surface area contributed by atoms with Crippen LogP contribution in [0.4, 0.5) is 0 Å². The first-order chi connectivity index (χ1) is 12.0. The first-order valence-corrected chi connectivity index (χ1v) is 9.21. The predicted molar refractivity (Wildman–Crippen MR) is 105 cm³/mol. The Hall–Kier alpha value is -1.86. The van der Waals surface area contributed by atoms with Crippen LogP contribution in [0, 0.1) is 0 Å². The Morgan fingerprint density at radius 3 is 2.56 bits per heavy atom. The number of nitrogens with zero attached hydrogens (tertiary/aromatic N) is 1. The molecule has 0 aliphatic rings. The van der Waals surface area contributed by atoms with Gasteiger partial charge in [-0.25, -0.2) is 5.43 Å². The van der Waals surface area contributed by atoms with Crippen molar-refractivity contribution >= 4 is 44.0 Å². The van der Waals surface area contributed by atoms with E-state index in [4.69, 9.17) is 9.47 Å². The minimum absolute atomic E-state index is 0.227. The Morgan fingerprint density at radius 2 is 1.92 bits per heavy atom. The van der Waals surface area contributed by atoms with Gasteiger partial charge in [-0.05, 0) is 58.2 Å². The van der Waals surface area contributed by atoms with Gasteiger partial charge < -0.3 is 9.47 Å². The predicted octanol–water partition coefficient (Wildman–Crippen LogP) is 4.66. The lowest BCUT2D eigenvalue weighted by atomic mass is 10.2.